The summed E-state index contributed by atoms with van der Waals surface area (Å²) >= 11 is 0. The molecule has 65 heavy (non-hydrogen) atoms. The molecule has 0 nitrogen and oxygen atoms in total. The Morgan fingerprint density at radius 2 is 0.523 bits per heavy atom. The Morgan fingerprint density at radius 3 is 0.646 bits per heavy atom. The molecule has 0 N–H and O–H groups in total. The molecule has 0 heterocycles. The number of hydrogen-bond donors (Lipinski definition) is 0. The molecule has 0 aliphatic heterocycles. The normalized spacial score (nSPS) is 11.5. The average Bonchev–Trinajstić information content (AvgIpc) is 3.88. The second-order valence-electron chi connectivity index (χ2n) is 12.8. The van der Waals surface area contributed by atoms with E-state index in [4.69, 9.17) is 0 Å². The fourth-order valence-corrected chi connectivity index (χ4v) is 6.17. The zero-order chi connectivity index (χ0) is 48.1. The van der Waals surface area contributed by atoms with Crippen LogP contribution < -0.4 is 21.9 Å². The molecule has 0 aromatic heterocycles. The maximum atomic E-state index is 15.4. The zero-order valence-corrected chi connectivity index (χ0v) is 33.3. The van der Waals surface area contributed by atoms with E-state index >= 15 is 35.1 Å². The van der Waals surface area contributed by atoms with Crippen molar-refractivity contribution in [2.45, 2.75) is 6.42 Å². The summed E-state index contributed by atoms with van der Waals surface area (Å²) in [7, 11) is 0. The van der Waals surface area contributed by atoms with Gasteiger partial charge in [-0.15, -0.1) is 52.5 Å². The smallest absolute Gasteiger partial charge is 0.273 e. The first kappa shape index (κ1) is 53.3. The molecule has 0 amide bonds. The van der Waals surface area contributed by atoms with Crippen LogP contribution in [0.5, 0.6) is 0 Å². The van der Waals surface area contributed by atoms with E-state index in [1.54, 1.807) is 0 Å². The van der Waals surface area contributed by atoms with Crippen LogP contribution in [-0.2, 0) is 21.7 Å². The van der Waals surface area contributed by atoms with Crippen LogP contribution in [0.4, 0.5) is 87.8 Å². The van der Waals surface area contributed by atoms with Gasteiger partial charge in [-0.2, -0.15) is 55.3 Å². The molecule has 1 aliphatic rings. The summed E-state index contributed by atoms with van der Waals surface area (Å²) in [4.78, 5) is 0. The molecular formula is C43H19BF20Ti. The summed E-state index contributed by atoms with van der Waals surface area (Å²) in [6.07, 6.45) is 2.78. The maximum absolute atomic E-state index is 15.4. The Hall–Kier alpha value is -6.08. The van der Waals surface area contributed by atoms with E-state index in [0.29, 0.717) is 0 Å². The summed E-state index contributed by atoms with van der Waals surface area (Å²) in [5, 5.41) is 0. The van der Waals surface area contributed by atoms with E-state index in [9.17, 15) is 52.7 Å². The van der Waals surface area contributed by atoms with E-state index in [1.807, 2.05) is 72.8 Å². The summed E-state index contributed by atoms with van der Waals surface area (Å²) in [6.45, 7) is 7.44. The fourth-order valence-electron chi connectivity index (χ4n) is 6.17. The van der Waals surface area contributed by atoms with Gasteiger partial charge in [0, 0.05) is 0 Å². The first-order valence-electron chi connectivity index (χ1n) is 17.2. The molecule has 0 bridgehead atoms. The van der Waals surface area contributed by atoms with Gasteiger partial charge in [-0.3, -0.25) is 6.08 Å². The largest absolute Gasteiger partial charge is 4.00 e. The SMILES string of the molecule is Fc1c(F)c(F)c([B-](c2c(F)c(F)c(F)c(F)c2F)(c2c(F)c(F)c(F)c(F)c2F)c2c(F)c(F)c(F)c(F)c2F)c(F)c1F.[C-]1=CC=CC1.[CH2-]c1ccccc1.[CH2-]c1ccccc1.[Ti+4]. The Balaban J connectivity index is 0.000000456. The van der Waals surface area contributed by atoms with Crippen LogP contribution in [0.2, 0.25) is 0 Å². The third kappa shape index (κ3) is 9.95. The molecule has 0 radical (unpaired) electrons. The van der Waals surface area contributed by atoms with Crippen molar-refractivity contribution in [1.29, 1.82) is 0 Å². The molecule has 6 aromatic carbocycles. The minimum absolute atomic E-state index is 0. The van der Waals surface area contributed by atoms with Gasteiger partial charge >= 0.3 is 21.7 Å². The first-order valence-corrected chi connectivity index (χ1v) is 17.2. The number of allylic oxidation sites excluding steroid dienone is 4. The quantitative estimate of drug-likeness (QED) is 0.0543. The van der Waals surface area contributed by atoms with Crippen molar-refractivity contribution in [2.75, 3.05) is 0 Å². The van der Waals surface area contributed by atoms with Gasteiger partial charge in [0.05, 0.1) is 0 Å². The van der Waals surface area contributed by atoms with Gasteiger partial charge in [0.1, 0.15) is 52.7 Å². The van der Waals surface area contributed by atoms with Gasteiger partial charge in [0.25, 0.3) is 0 Å². The molecule has 22 heteroatoms. The van der Waals surface area contributed by atoms with Crippen molar-refractivity contribution in [3.05, 3.63) is 226 Å². The first-order chi connectivity index (χ1) is 30.0. The van der Waals surface area contributed by atoms with Crippen molar-refractivity contribution in [2.24, 2.45) is 0 Å². The van der Waals surface area contributed by atoms with Gasteiger partial charge in [0.2, 0.25) is 0 Å². The third-order valence-corrected chi connectivity index (χ3v) is 8.98. The Kier molecular flexibility index (Phi) is 17.8. The van der Waals surface area contributed by atoms with Gasteiger partial charge in [-0.1, -0.05) is 12.1 Å². The summed E-state index contributed by atoms with van der Waals surface area (Å²) in [5.74, 6) is -71.4. The van der Waals surface area contributed by atoms with Crippen LogP contribution in [0.15, 0.2) is 78.9 Å². The standard InChI is InChI=1S/C24BF20.2C7H7.C5H5.Ti/c26-5-1(6(27)14(35)21(42)13(5)34)25(2-7(28)15(36)22(43)16(37)8(2)29,3-9(30)17(38)23(44)18(39)10(3)31)4-11(32)19(40)24(45)20(41)12(4)33;2*1-7-5-3-2-4-6-7;1-2-4-5-3-1;/h;2*2-6H,1H2;1-3H,4H2;/q4*-1;+4. The molecule has 0 saturated heterocycles. The number of hydrogen-bond acceptors (Lipinski definition) is 0. The molecular weight excluding hydrogens is 955 g/mol. The summed E-state index contributed by atoms with van der Waals surface area (Å²) < 4.78 is 294. The van der Waals surface area contributed by atoms with Crippen molar-refractivity contribution < 1.29 is 110 Å². The van der Waals surface area contributed by atoms with E-state index in [1.165, 1.54) is 0 Å². The monoisotopic (exact) mass is 974 g/mol. The van der Waals surface area contributed by atoms with Crippen molar-refractivity contribution in [3.63, 3.8) is 0 Å². The Bertz CT molecular complexity index is 2330. The molecule has 0 atom stereocenters. The molecule has 338 valence electrons. The van der Waals surface area contributed by atoms with Gasteiger partial charge in [-0.25, -0.2) is 100.0 Å². The Labute approximate surface area is 369 Å². The minimum Gasteiger partial charge on any atom is -0.273 e. The number of rotatable bonds is 4. The number of benzene rings is 6. The van der Waals surface area contributed by atoms with Crippen LogP contribution in [0.3, 0.4) is 0 Å². The predicted octanol–water partition coefficient (Wildman–Crippen LogP) is 10.9. The van der Waals surface area contributed by atoms with Crippen LogP contribution in [0.1, 0.15) is 17.5 Å². The van der Waals surface area contributed by atoms with Gasteiger partial charge < -0.3 is 0 Å². The van der Waals surface area contributed by atoms with Crippen molar-refractivity contribution in [1.82, 2.24) is 0 Å². The fraction of sp³-hybridized carbons (Fsp3) is 0.0233. The maximum Gasteiger partial charge on any atom is 4.00 e. The topological polar surface area (TPSA) is 0 Å². The van der Waals surface area contributed by atoms with E-state index < -0.39 is 144 Å². The van der Waals surface area contributed by atoms with Crippen LogP contribution in [0.25, 0.3) is 0 Å². The zero-order valence-electron chi connectivity index (χ0n) is 31.8. The predicted molar refractivity (Wildman–Crippen MR) is 193 cm³/mol. The van der Waals surface area contributed by atoms with Crippen LogP contribution in [-0.4, -0.2) is 6.15 Å². The van der Waals surface area contributed by atoms with Gasteiger partial charge in [0.15, 0.2) is 69.8 Å². The van der Waals surface area contributed by atoms with E-state index in [2.05, 4.69) is 26.0 Å². The minimum atomic E-state index is -7.22. The molecule has 6 aromatic rings. The van der Waals surface area contributed by atoms with Crippen molar-refractivity contribution >= 4 is 28.0 Å². The molecule has 7 rings (SSSR count). The average molecular weight is 974 g/mol. The second-order valence-corrected chi connectivity index (χ2v) is 12.8. The Morgan fingerprint density at radius 1 is 0.323 bits per heavy atom. The molecule has 0 fully saturated rings. The summed E-state index contributed by atoms with van der Waals surface area (Å²) in [6, 6.07) is 19.7. The van der Waals surface area contributed by atoms with Crippen LogP contribution in [0, 0.1) is 136 Å². The van der Waals surface area contributed by atoms with Gasteiger partial charge in [-0.05, 0) is 0 Å². The summed E-state index contributed by atoms with van der Waals surface area (Å²) in [5.41, 5.74) is -12.2. The van der Waals surface area contributed by atoms with Crippen LogP contribution >= 0.6 is 0 Å². The van der Waals surface area contributed by atoms with Crippen molar-refractivity contribution in [3.8, 4) is 0 Å². The molecule has 0 unspecified atom stereocenters. The molecule has 0 spiro atoms. The molecule has 1 aliphatic carbocycles. The second kappa shape index (κ2) is 21.7. The number of halogens is 20. The molecule has 0 saturated carbocycles. The van der Waals surface area contributed by atoms with E-state index in [0.717, 1.165) is 17.5 Å². The van der Waals surface area contributed by atoms with E-state index in [-0.39, 0.29) is 21.7 Å². The third-order valence-electron chi connectivity index (χ3n) is 8.98.